The molecule has 0 atom stereocenters. The summed E-state index contributed by atoms with van der Waals surface area (Å²) >= 11 is 5.98. The molecule has 0 fully saturated rings. The molecule has 0 aliphatic rings. The van der Waals surface area contributed by atoms with E-state index in [0.29, 0.717) is 28.0 Å². The number of hydrogen-bond donors (Lipinski definition) is 1. The third-order valence-corrected chi connectivity index (χ3v) is 2.98. The number of aryl methyl sites for hydroxylation is 1. The molecule has 0 spiro atoms. The Morgan fingerprint density at radius 1 is 1.26 bits per heavy atom. The number of hydrogen-bond acceptors (Lipinski definition) is 4. The van der Waals surface area contributed by atoms with E-state index in [1.54, 1.807) is 26.0 Å². The summed E-state index contributed by atoms with van der Waals surface area (Å²) in [5.74, 6) is 0.857. The van der Waals surface area contributed by atoms with Gasteiger partial charge in [-0.3, -0.25) is 0 Å². The summed E-state index contributed by atoms with van der Waals surface area (Å²) in [4.78, 5) is 8.28. The number of nitrogens with one attached hydrogen (secondary N) is 1. The molecule has 0 aliphatic carbocycles. The molecule has 100 valence electrons. The number of benzene rings is 1. The van der Waals surface area contributed by atoms with Crippen LogP contribution in [0.1, 0.15) is 11.4 Å². The highest BCUT2D eigenvalue weighted by atomic mass is 35.5. The van der Waals surface area contributed by atoms with Gasteiger partial charge in [-0.1, -0.05) is 11.6 Å². The second-order valence-electron chi connectivity index (χ2n) is 4.01. The van der Waals surface area contributed by atoms with Crippen molar-refractivity contribution in [3.8, 4) is 5.75 Å². The Morgan fingerprint density at radius 2 is 2.00 bits per heavy atom. The van der Waals surface area contributed by atoms with Crippen LogP contribution in [0.25, 0.3) is 0 Å². The summed E-state index contributed by atoms with van der Waals surface area (Å²) in [5, 5.41) is 3.39. The summed E-state index contributed by atoms with van der Waals surface area (Å²) in [6.45, 7) is 3.54. The van der Waals surface area contributed by atoms with Crippen LogP contribution in [0.2, 0.25) is 5.15 Å². The van der Waals surface area contributed by atoms with E-state index >= 15 is 0 Å². The van der Waals surface area contributed by atoms with Gasteiger partial charge in [0.15, 0.2) is 11.6 Å². The molecule has 6 heteroatoms. The second kappa shape index (κ2) is 5.40. The minimum atomic E-state index is -0.443. The highest BCUT2D eigenvalue weighted by Crippen LogP contribution is 2.26. The van der Waals surface area contributed by atoms with E-state index in [9.17, 15) is 4.39 Å². The zero-order chi connectivity index (χ0) is 14.0. The van der Waals surface area contributed by atoms with Crippen molar-refractivity contribution in [2.75, 3.05) is 12.4 Å². The van der Waals surface area contributed by atoms with Crippen molar-refractivity contribution in [1.29, 1.82) is 0 Å². The fraction of sp³-hybridized carbons (Fsp3) is 0.231. The summed E-state index contributed by atoms with van der Waals surface area (Å²) in [6.07, 6.45) is 0. The van der Waals surface area contributed by atoms with Gasteiger partial charge >= 0.3 is 0 Å². The summed E-state index contributed by atoms with van der Waals surface area (Å²) in [6, 6.07) is 4.58. The highest BCUT2D eigenvalue weighted by molar-refractivity contribution is 6.30. The van der Waals surface area contributed by atoms with Crippen molar-refractivity contribution in [2.24, 2.45) is 0 Å². The standard InChI is InChI=1S/C13H13ClFN3O/c1-7-12(14)16-8(2)17-13(7)18-9-4-5-11(19-3)10(15)6-9/h4-6H,1-3H3,(H,16,17,18). The van der Waals surface area contributed by atoms with Crippen LogP contribution >= 0.6 is 11.6 Å². The Morgan fingerprint density at radius 3 is 2.63 bits per heavy atom. The number of aromatic nitrogens is 2. The van der Waals surface area contributed by atoms with E-state index in [2.05, 4.69) is 15.3 Å². The van der Waals surface area contributed by atoms with Crippen LogP contribution in [0.15, 0.2) is 18.2 Å². The highest BCUT2D eigenvalue weighted by Gasteiger charge is 2.09. The van der Waals surface area contributed by atoms with Crippen LogP contribution < -0.4 is 10.1 Å². The average molecular weight is 282 g/mol. The molecular weight excluding hydrogens is 269 g/mol. The Labute approximate surface area is 115 Å². The maximum atomic E-state index is 13.6. The van der Waals surface area contributed by atoms with E-state index in [0.717, 1.165) is 0 Å². The summed E-state index contributed by atoms with van der Waals surface area (Å²) in [5.41, 5.74) is 1.28. The van der Waals surface area contributed by atoms with Gasteiger partial charge in [0.25, 0.3) is 0 Å². The van der Waals surface area contributed by atoms with Crippen LogP contribution in [0.4, 0.5) is 15.9 Å². The normalized spacial score (nSPS) is 10.4. The largest absolute Gasteiger partial charge is 0.494 e. The Hall–Kier alpha value is -1.88. The molecule has 4 nitrogen and oxygen atoms in total. The van der Waals surface area contributed by atoms with Gasteiger partial charge in [0.05, 0.1) is 7.11 Å². The molecule has 0 bridgehead atoms. The Balaban J connectivity index is 2.33. The van der Waals surface area contributed by atoms with E-state index in [4.69, 9.17) is 16.3 Å². The fourth-order valence-corrected chi connectivity index (χ4v) is 1.81. The van der Waals surface area contributed by atoms with Crippen molar-refractivity contribution >= 4 is 23.1 Å². The van der Waals surface area contributed by atoms with Crippen molar-refractivity contribution in [3.05, 3.63) is 40.6 Å². The minimum Gasteiger partial charge on any atom is -0.494 e. The van der Waals surface area contributed by atoms with Crippen molar-refractivity contribution in [1.82, 2.24) is 9.97 Å². The van der Waals surface area contributed by atoms with Crippen LogP contribution in [-0.4, -0.2) is 17.1 Å². The maximum absolute atomic E-state index is 13.6. The topological polar surface area (TPSA) is 47.0 Å². The van der Waals surface area contributed by atoms with E-state index in [-0.39, 0.29) is 5.75 Å². The number of anilines is 2. The maximum Gasteiger partial charge on any atom is 0.167 e. The lowest BCUT2D eigenvalue weighted by molar-refractivity contribution is 0.386. The van der Waals surface area contributed by atoms with Gasteiger partial charge < -0.3 is 10.1 Å². The van der Waals surface area contributed by atoms with Gasteiger partial charge in [0.1, 0.15) is 16.8 Å². The van der Waals surface area contributed by atoms with Gasteiger partial charge in [-0.15, -0.1) is 0 Å². The zero-order valence-corrected chi connectivity index (χ0v) is 11.5. The first-order valence-electron chi connectivity index (χ1n) is 5.62. The molecule has 2 aromatic rings. The average Bonchev–Trinajstić information content (AvgIpc) is 2.35. The van der Waals surface area contributed by atoms with Crippen molar-refractivity contribution in [2.45, 2.75) is 13.8 Å². The number of methoxy groups -OCH3 is 1. The first kappa shape index (κ1) is 13.5. The zero-order valence-electron chi connectivity index (χ0n) is 10.8. The molecule has 1 heterocycles. The molecule has 1 aromatic heterocycles. The van der Waals surface area contributed by atoms with Gasteiger partial charge in [0, 0.05) is 17.3 Å². The van der Waals surface area contributed by atoms with Crippen molar-refractivity contribution < 1.29 is 9.13 Å². The lowest BCUT2D eigenvalue weighted by Crippen LogP contribution is -2.01. The summed E-state index contributed by atoms with van der Waals surface area (Å²) < 4.78 is 18.5. The molecule has 0 aliphatic heterocycles. The monoisotopic (exact) mass is 281 g/mol. The smallest absolute Gasteiger partial charge is 0.167 e. The van der Waals surface area contributed by atoms with Crippen LogP contribution in [-0.2, 0) is 0 Å². The number of halogens is 2. The van der Waals surface area contributed by atoms with Gasteiger partial charge in [-0.05, 0) is 26.0 Å². The van der Waals surface area contributed by atoms with Gasteiger partial charge in [-0.25, -0.2) is 14.4 Å². The third kappa shape index (κ3) is 2.93. The minimum absolute atomic E-state index is 0.194. The first-order valence-corrected chi connectivity index (χ1v) is 6.00. The number of nitrogens with zero attached hydrogens (tertiary/aromatic N) is 2. The molecule has 1 aromatic carbocycles. The SMILES string of the molecule is COc1ccc(Nc2nc(C)nc(Cl)c2C)cc1F. The summed E-state index contributed by atoms with van der Waals surface area (Å²) in [7, 11) is 1.42. The molecule has 0 saturated carbocycles. The fourth-order valence-electron chi connectivity index (χ4n) is 1.60. The molecule has 2 rings (SSSR count). The lowest BCUT2D eigenvalue weighted by Gasteiger charge is -2.11. The van der Waals surface area contributed by atoms with E-state index in [1.807, 2.05) is 0 Å². The molecule has 1 N–H and O–H groups in total. The third-order valence-electron chi connectivity index (χ3n) is 2.61. The molecule has 19 heavy (non-hydrogen) atoms. The first-order chi connectivity index (χ1) is 9.01. The quantitative estimate of drug-likeness (QED) is 0.873. The molecule has 0 saturated heterocycles. The molecule has 0 radical (unpaired) electrons. The Kier molecular flexibility index (Phi) is 3.85. The van der Waals surface area contributed by atoms with Crippen molar-refractivity contribution in [3.63, 3.8) is 0 Å². The Bertz CT molecular complexity index is 619. The molecular formula is C13H13ClFN3O. The van der Waals surface area contributed by atoms with Gasteiger partial charge in [-0.2, -0.15) is 0 Å². The van der Waals surface area contributed by atoms with Crippen LogP contribution in [0.5, 0.6) is 5.75 Å². The van der Waals surface area contributed by atoms with Crippen LogP contribution in [0.3, 0.4) is 0 Å². The lowest BCUT2D eigenvalue weighted by atomic mass is 10.2. The molecule has 0 unspecified atom stereocenters. The number of rotatable bonds is 3. The van der Waals surface area contributed by atoms with Gasteiger partial charge in [0.2, 0.25) is 0 Å². The van der Waals surface area contributed by atoms with E-state index in [1.165, 1.54) is 13.2 Å². The van der Waals surface area contributed by atoms with Crippen LogP contribution in [0, 0.1) is 19.7 Å². The predicted octanol–water partition coefficient (Wildman–Crippen LogP) is 3.64. The molecule has 0 amide bonds. The van der Waals surface area contributed by atoms with E-state index < -0.39 is 5.82 Å². The predicted molar refractivity (Wildman–Crippen MR) is 72.8 cm³/mol. The number of ether oxygens (including phenoxy) is 1. The second-order valence-corrected chi connectivity index (χ2v) is 4.37.